The lowest BCUT2D eigenvalue weighted by atomic mass is 9.51. The second-order valence-corrected chi connectivity index (χ2v) is 8.15. The molecule has 3 fully saturated rings. The fourth-order valence-electron chi connectivity index (χ4n) is 5.44. The number of halogens is 1. The number of hydrogen-bond acceptors (Lipinski definition) is 8. The number of nitriles is 3. The molecule has 1 N–H and O–H groups in total. The Hall–Kier alpha value is -3.74. The molecule has 5 rings (SSSR count). The number of ether oxygens (including phenoxy) is 2. The van der Waals surface area contributed by atoms with Crippen LogP contribution in [0.2, 0.25) is 0 Å². The molecule has 154 valence electrons. The molecule has 4 unspecified atom stereocenters. The van der Waals surface area contributed by atoms with Crippen LogP contribution in [0.4, 0.5) is 4.39 Å². The van der Waals surface area contributed by atoms with Crippen LogP contribution in [0.5, 0.6) is 0 Å². The van der Waals surface area contributed by atoms with Gasteiger partial charge in [-0.3, -0.25) is 10.2 Å². The van der Waals surface area contributed by atoms with Crippen LogP contribution in [0.25, 0.3) is 11.0 Å². The van der Waals surface area contributed by atoms with Crippen molar-refractivity contribution in [3.63, 3.8) is 0 Å². The van der Waals surface area contributed by atoms with Crippen LogP contribution >= 0.6 is 0 Å². The number of nitrogens with one attached hydrogen (secondary N) is 1. The van der Waals surface area contributed by atoms with Gasteiger partial charge >= 0.3 is 0 Å². The first-order valence-electron chi connectivity index (χ1n) is 9.80. The first-order chi connectivity index (χ1) is 14.9. The maximum Gasteiger partial charge on any atom is 0.217 e. The van der Waals surface area contributed by atoms with Gasteiger partial charge in [0.15, 0.2) is 10.8 Å². The molecule has 0 amide bonds. The van der Waals surface area contributed by atoms with Gasteiger partial charge in [0.25, 0.3) is 0 Å². The highest BCUT2D eigenvalue weighted by molar-refractivity contribution is 5.89. The molecular formula is C22H15FN4O4. The molecule has 3 heterocycles. The van der Waals surface area contributed by atoms with E-state index in [-0.39, 0.29) is 16.5 Å². The second-order valence-electron chi connectivity index (χ2n) is 8.15. The Labute approximate surface area is 175 Å². The van der Waals surface area contributed by atoms with Gasteiger partial charge in [0.1, 0.15) is 23.8 Å². The third kappa shape index (κ3) is 2.08. The average molecular weight is 418 g/mol. The highest BCUT2D eigenvalue weighted by Crippen LogP contribution is 2.69. The van der Waals surface area contributed by atoms with Crippen LogP contribution in [-0.4, -0.2) is 11.7 Å². The Kier molecular flexibility index (Phi) is 3.81. The molecule has 0 spiro atoms. The molecule has 2 aliphatic heterocycles. The molecular weight excluding hydrogens is 403 g/mol. The van der Waals surface area contributed by atoms with Crippen molar-refractivity contribution < 1.29 is 18.3 Å². The molecule has 1 aromatic carbocycles. The molecule has 1 aliphatic carbocycles. The predicted octanol–water partition coefficient (Wildman–Crippen LogP) is 3.44. The molecule has 9 heteroatoms. The van der Waals surface area contributed by atoms with E-state index in [9.17, 15) is 25.0 Å². The molecule has 31 heavy (non-hydrogen) atoms. The zero-order valence-electron chi connectivity index (χ0n) is 16.1. The monoisotopic (exact) mass is 418 g/mol. The third-order valence-electron chi connectivity index (χ3n) is 6.86. The predicted molar refractivity (Wildman–Crippen MR) is 101 cm³/mol. The first kappa shape index (κ1) is 19.2. The normalized spacial score (nSPS) is 32.9. The van der Waals surface area contributed by atoms with Crippen LogP contribution < -0.4 is 5.43 Å². The lowest BCUT2D eigenvalue weighted by molar-refractivity contribution is -0.294. The minimum atomic E-state index is -2.24. The van der Waals surface area contributed by atoms with Crippen molar-refractivity contribution in [2.75, 3.05) is 0 Å². The zero-order chi connectivity index (χ0) is 22.0. The number of fused-ring (bicyclic) bond motifs is 1. The lowest BCUT2D eigenvalue weighted by Gasteiger charge is -2.51. The number of benzene rings is 1. The molecule has 3 aliphatic rings. The quantitative estimate of drug-likeness (QED) is 0.747. The van der Waals surface area contributed by atoms with Gasteiger partial charge in [0.2, 0.25) is 17.1 Å². The topological polar surface area (TPSA) is 144 Å². The number of hydrogen-bond donors (Lipinski definition) is 1. The Balaban J connectivity index is 1.82. The number of rotatable bonds is 1. The standard InChI is InChI=1S/C22H15FN4O4/c23-12-4-5-15-13(7-12)17(28)14(8-29-15)18-20(9-24,10-25)21(11-26)16-3-1-2-6-22(16,30-18)31-19(21)27/h4-5,7-8,16,18,27H,1-3,6H2. The van der Waals surface area contributed by atoms with Crippen molar-refractivity contribution in [2.45, 2.75) is 37.6 Å². The molecule has 8 nitrogen and oxygen atoms in total. The van der Waals surface area contributed by atoms with Gasteiger partial charge in [-0.15, -0.1) is 0 Å². The highest BCUT2D eigenvalue weighted by Gasteiger charge is 2.80. The van der Waals surface area contributed by atoms with Crippen LogP contribution in [0.1, 0.15) is 37.4 Å². The maximum absolute atomic E-state index is 13.8. The Bertz CT molecular complexity index is 1320. The van der Waals surface area contributed by atoms with E-state index in [1.165, 1.54) is 6.07 Å². The summed E-state index contributed by atoms with van der Waals surface area (Å²) in [6.07, 6.45) is 1.76. The summed E-state index contributed by atoms with van der Waals surface area (Å²) < 4.78 is 31.2. The van der Waals surface area contributed by atoms with Crippen LogP contribution in [0.3, 0.4) is 0 Å². The van der Waals surface area contributed by atoms with Crippen molar-refractivity contribution in [3.8, 4) is 18.2 Å². The summed E-state index contributed by atoms with van der Waals surface area (Å²) in [5.41, 5.74) is -4.89. The minimum absolute atomic E-state index is 0.0801. The number of nitrogens with zero attached hydrogens (tertiary/aromatic N) is 3. The fourth-order valence-corrected chi connectivity index (χ4v) is 5.44. The van der Waals surface area contributed by atoms with E-state index in [0.717, 1.165) is 24.8 Å². The van der Waals surface area contributed by atoms with Crippen LogP contribution in [-0.2, 0) is 9.47 Å². The molecule has 4 atom stereocenters. The summed E-state index contributed by atoms with van der Waals surface area (Å²) in [7, 11) is 0. The smallest absolute Gasteiger partial charge is 0.217 e. The van der Waals surface area contributed by atoms with Gasteiger partial charge < -0.3 is 13.9 Å². The van der Waals surface area contributed by atoms with E-state index in [4.69, 9.17) is 19.3 Å². The van der Waals surface area contributed by atoms with Gasteiger partial charge in [0.05, 0.1) is 35.1 Å². The van der Waals surface area contributed by atoms with Gasteiger partial charge in [-0.2, -0.15) is 15.8 Å². The van der Waals surface area contributed by atoms with Gasteiger partial charge in [-0.05, 0) is 31.0 Å². The summed E-state index contributed by atoms with van der Waals surface area (Å²) in [5, 5.41) is 39.0. The van der Waals surface area contributed by atoms with E-state index in [0.29, 0.717) is 19.3 Å². The zero-order valence-corrected chi connectivity index (χ0v) is 16.1. The average Bonchev–Trinajstić information content (AvgIpc) is 2.99. The Morgan fingerprint density at radius 1 is 1.16 bits per heavy atom. The largest absolute Gasteiger partial charge is 0.464 e. The highest BCUT2D eigenvalue weighted by atomic mass is 19.1. The van der Waals surface area contributed by atoms with Gasteiger partial charge in [-0.25, -0.2) is 4.39 Å². The van der Waals surface area contributed by atoms with Crippen molar-refractivity contribution in [3.05, 3.63) is 46.1 Å². The van der Waals surface area contributed by atoms with Crippen molar-refractivity contribution in [1.82, 2.24) is 0 Å². The molecule has 1 aromatic heterocycles. The molecule has 1 saturated carbocycles. The van der Waals surface area contributed by atoms with E-state index in [1.54, 1.807) is 0 Å². The van der Waals surface area contributed by atoms with E-state index in [2.05, 4.69) is 0 Å². The molecule has 2 bridgehead atoms. The Morgan fingerprint density at radius 2 is 1.94 bits per heavy atom. The lowest BCUT2D eigenvalue weighted by Crippen LogP contribution is -2.60. The third-order valence-corrected chi connectivity index (χ3v) is 6.86. The van der Waals surface area contributed by atoms with Crippen molar-refractivity contribution in [1.29, 1.82) is 21.2 Å². The minimum Gasteiger partial charge on any atom is -0.464 e. The molecule has 0 radical (unpaired) electrons. The fraction of sp³-hybridized carbons (Fsp3) is 0.409. The van der Waals surface area contributed by atoms with Crippen molar-refractivity contribution >= 4 is 16.9 Å². The van der Waals surface area contributed by atoms with Gasteiger partial charge in [-0.1, -0.05) is 6.42 Å². The molecule has 2 saturated heterocycles. The summed E-state index contributed by atoms with van der Waals surface area (Å²) >= 11 is 0. The summed E-state index contributed by atoms with van der Waals surface area (Å²) in [6, 6.07) is 9.28. The van der Waals surface area contributed by atoms with E-state index < -0.39 is 45.8 Å². The van der Waals surface area contributed by atoms with E-state index >= 15 is 0 Å². The maximum atomic E-state index is 13.8. The summed E-state index contributed by atoms with van der Waals surface area (Å²) in [4.78, 5) is 13.3. The van der Waals surface area contributed by atoms with Gasteiger partial charge in [0, 0.05) is 6.42 Å². The van der Waals surface area contributed by atoms with Crippen LogP contribution in [0, 0.1) is 62.0 Å². The summed E-state index contributed by atoms with van der Waals surface area (Å²) in [6.45, 7) is 0. The van der Waals surface area contributed by atoms with Crippen molar-refractivity contribution in [2.24, 2.45) is 16.7 Å². The SMILES string of the molecule is N#CC1(C#N)C(c2coc3ccc(F)cc3c2=O)OC23CCCCC2C1(C#N)C(=N)O3. The summed E-state index contributed by atoms with van der Waals surface area (Å²) in [5.74, 6) is -3.25. The van der Waals surface area contributed by atoms with Crippen LogP contribution in [0.15, 0.2) is 33.7 Å². The first-order valence-corrected chi connectivity index (χ1v) is 9.80. The molecule has 2 aromatic rings. The van der Waals surface area contributed by atoms with E-state index in [1.807, 2.05) is 18.2 Å². The second kappa shape index (κ2) is 6.14. The Morgan fingerprint density at radius 3 is 2.65 bits per heavy atom.